The smallest absolute Gasteiger partial charge is 0.410 e. The lowest BCUT2D eigenvalue weighted by Crippen LogP contribution is -2.56. The number of primary amides is 1. The van der Waals surface area contributed by atoms with Crippen LogP contribution in [0.2, 0.25) is 0 Å². The third kappa shape index (κ3) is 13.0. The van der Waals surface area contributed by atoms with E-state index in [0.29, 0.717) is 55.6 Å². The quantitative estimate of drug-likeness (QED) is 0.0113. The molecule has 4 aliphatic heterocycles. The third-order valence-electron chi connectivity index (χ3n) is 17.5. The number of methoxy groups -OCH3 is 2. The number of imide groups is 1. The fraction of sp³-hybridized carbons (Fsp3) is 0.338. The largest absolute Gasteiger partial charge is 0.497 e. The Labute approximate surface area is 520 Å². The Morgan fingerprint density at radius 3 is 1.94 bits per heavy atom. The van der Waals surface area contributed by atoms with Gasteiger partial charge in [-0.1, -0.05) is 122 Å². The highest BCUT2D eigenvalue weighted by atomic mass is 16.6. The maximum Gasteiger partial charge on any atom is 0.410 e. The average molecular weight is 1220 g/mol. The number of unbranched alkanes of at least 4 members (excludes halogenated alkanes) is 3. The minimum Gasteiger partial charge on any atom is -0.497 e. The van der Waals surface area contributed by atoms with Crippen molar-refractivity contribution in [1.82, 2.24) is 30.7 Å². The van der Waals surface area contributed by atoms with Gasteiger partial charge in [0.1, 0.15) is 37.1 Å². The molecule has 4 heterocycles. The number of allylic oxidation sites excluding steroid dienone is 2. The summed E-state index contributed by atoms with van der Waals surface area (Å²) in [6, 6.07) is 40.7. The number of Topliss-reactive ketones (excluding diaryl/α,β-unsaturated/α-hetero) is 2. The Hall–Kier alpha value is -9.93. The van der Waals surface area contributed by atoms with Crippen LogP contribution in [-0.2, 0) is 66.3 Å². The van der Waals surface area contributed by atoms with Gasteiger partial charge in [0.15, 0.2) is 5.72 Å². The molecule has 0 saturated carbocycles. The second-order valence-electron chi connectivity index (χ2n) is 22.8. The zero-order valence-electron chi connectivity index (χ0n) is 50.3. The molecule has 22 nitrogen and oxygen atoms in total. The molecule has 468 valence electrons. The van der Waals surface area contributed by atoms with Crippen molar-refractivity contribution in [1.29, 1.82) is 0 Å². The van der Waals surface area contributed by atoms with Gasteiger partial charge in [0.2, 0.25) is 29.3 Å². The molecule has 6 atom stereocenters. The molecule has 0 bridgehead atoms. The number of carbonyl (C=O) groups is 9. The number of ketones is 2. The van der Waals surface area contributed by atoms with Crippen molar-refractivity contribution in [3.63, 3.8) is 0 Å². The zero-order valence-corrected chi connectivity index (χ0v) is 50.3. The molecule has 10 rings (SSSR count). The summed E-state index contributed by atoms with van der Waals surface area (Å²) in [6.07, 6.45) is 3.63. The minimum atomic E-state index is -1.49. The number of nitrogens with one attached hydrogen (secondary N) is 4. The Morgan fingerprint density at radius 2 is 1.32 bits per heavy atom. The fourth-order valence-electron chi connectivity index (χ4n) is 12.9. The molecule has 5 aromatic rings. The molecule has 0 aromatic heterocycles. The summed E-state index contributed by atoms with van der Waals surface area (Å²) in [7, 11) is 3.01. The summed E-state index contributed by atoms with van der Waals surface area (Å²) in [5.41, 5.74) is 13.9. The summed E-state index contributed by atoms with van der Waals surface area (Å²) in [4.78, 5) is 124. The molecule has 2 fully saturated rings. The number of ether oxygens (including phenoxy) is 4. The van der Waals surface area contributed by atoms with E-state index in [2.05, 4.69) is 45.5 Å². The lowest BCUT2D eigenvalue weighted by molar-refractivity contribution is -0.144. The van der Waals surface area contributed by atoms with E-state index in [0.717, 1.165) is 27.2 Å². The number of fused-ring (bicyclic) bond motifs is 4. The van der Waals surface area contributed by atoms with Gasteiger partial charge in [0, 0.05) is 62.0 Å². The monoisotopic (exact) mass is 1220 g/mol. The van der Waals surface area contributed by atoms with Gasteiger partial charge in [-0.2, -0.15) is 0 Å². The highest BCUT2D eigenvalue weighted by Gasteiger charge is 2.78. The van der Waals surface area contributed by atoms with Gasteiger partial charge < -0.3 is 51.3 Å². The number of nitrogens with zero attached hydrogens (tertiary/aromatic N) is 3. The molecule has 5 aliphatic rings. The number of rotatable bonds is 28. The van der Waals surface area contributed by atoms with Crippen molar-refractivity contribution in [2.24, 2.45) is 17.4 Å². The highest BCUT2D eigenvalue weighted by Crippen LogP contribution is 2.60. The van der Waals surface area contributed by atoms with E-state index >= 15 is 0 Å². The van der Waals surface area contributed by atoms with E-state index in [1.54, 1.807) is 36.3 Å². The van der Waals surface area contributed by atoms with Crippen LogP contribution in [-0.4, -0.2) is 138 Å². The highest BCUT2D eigenvalue weighted by molar-refractivity contribution is 6.25. The van der Waals surface area contributed by atoms with Crippen LogP contribution in [0.25, 0.3) is 0 Å². The first-order chi connectivity index (χ1) is 43.5. The standard InChI is InChI=1S/C68H73N9O13/c1-42-58(69)61(82)57-50(41-89-65(70)85)68(88-3)62-53(39-76(68)59(57)60(42)81)77(62)66(86)90-40-44-26-30-48(31-27-44)72-63(83)51(74-64(84)52(38-43-18-8-4-9-19-43)73-54(78)25-14-7-17-37-75-55(79)34-35-56(75)80)24-15-16-36-71-67(45-20-10-5-11-21-45,46-22-12-6-13-23-46)47-28-32-49(87-2)33-29-47/h4-6,8-13,18-23,26-35,50-53,62,71H,7,14-17,24-25,36-41,69H2,1-3H3,(H2,70,85)(H,72,83)(H,73,78)(H,74,84)/t50?,51-,52-,53?,62?,68?,77?/m0/s1. The van der Waals surface area contributed by atoms with Crippen molar-refractivity contribution in [3.05, 3.63) is 202 Å². The van der Waals surface area contributed by atoms with E-state index in [-0.39, 0.29) is 79.2 Å². The first kappa shape index (κ1) is 63.1. The minimum absolute atomic E-state index is 0.0256. The van der Waals surface area contributed by atoms with Gasteiger partial charge in [-0.25, -0.2) is 9.59 Å². The molecule has 4 unspecified atom stereocenters. The molecule has 0 radical (unpaired) electrons. The molecule has 90 heavy (non-hydrogen) atoms. The van der Waals surface area contributed by atoms with Crippen molar-refractivity contribution in [2.75, 3.05) is 45.8 Å². The predicted molar refractivity (Wildman–Crippen MR) is 330 cm³/mol. The number of benzene rings is 5. The zero-order chi connectivity index (χ0) is 63.7. The predicted octanol–water partition coefficient (Wildman–Crippen LogP) is 5.79. The summed E-state index contributed by atoms with van der Waals surface area (Å²) < 4.78 is 22.7. The summed E-state index contributed by atoms with van der Waals surface area (Å²) >= 11 is 0. The molecule has 7 amide bonds. The number of anilines is 1. The third-order valence-corrected chi connectivity index (χ3v) is 17.5. The lowest BCUT2D eigenvalue weighted by Gasteiger charge is -2.40. The molecule has 0 spiro atoms. The Kier molecular flexibility index (Phi) is 19.4. The maximum absolute atomic E-state index is 14.6. The van der Waals surface area contributed by atoms with Gasteiger partial charge >= 0.3 is 12.2 Å². The number of nitrogens with two attached hydrogens (primary N) is 2. The maximum atomic E-state index is 14.6. The second kappa shape index (κ2) is 27.6. The van der Waals surface area contributed by atoms with Crippen LogP contribution in [0.15, 0.2) is 174 Å². The van der Waals surface area contributed by atoms with Gasteiger partial charge in [-0.05, 0) is 97.7 Å². The van der Waals surface area contributed by atoms with Gasteiger partial charge in [-0.3, -0.25) is 48.7 Å². The molecule has 22 heteroatoms. The van der Waals surface area contributed by atoms with Crippen LogP contribution in [0, 0.1) is 5.92 Å². The number of carbonyl (C=O) groups excluding carboxylic acids is 9. The number of hydrogen-bond donors (Lipinski definition) is 6. The first-order valence-electron chi connectivity index (χ1n) is 30.1. The number of hydrogen-bond acceptors (Lipinski definition) is 16. The van der Waals surface area contributed by atoms with Gasteiger partial charge in [-0.15, -0.1) is 0 Å². The first-order valence-corrected chi connectivity index (χ1v) is 30.1. The van der Waals surface area contributed by atoms with Crippen LogP contribution < -0.4 is 37.5 Å². The van der Waals surface area contributed by atoms with Crippen molar-refractivity contribution < 1.29 is 62.1 Å². The Balaban J connectivity index is 0.821. The fourth-order valence-corrected chi connectivity index (χ4v) is 12.9. The van der Waals surface area contributed by atoms with Crippen LogP contribution in [0.5, 0.6) is 5.75 Å². The molecular weight excluding hydrogens is 1150 g/mol. The van der Waals surface area contributed by atoms with Crippen LogP contribution >= 0.6 is 0 Å². The Bertz CT molecular complexity index is 3580. The van der Waals surface area contributed by atoms with E-state index in [4.69, 9.17) is 30.4 Å². The topological polar surface area (TPSA) is 300 Å². The summed E-state index contributed by atoms with van der Waals surface area (Å²) in [5, 5.41) is 12.8. The Morgan fingerprint density at radius 1 is 0.689 bits per heavy atom. The number of piperazine rings is 1. The summed E-state index contributed by atoms with van der Waals surface area (Å²) in [6.45, 7) is 1.69. The van der Waals surface area contributed by atoms with Crippen LogP contribution in [0.1, 0.15) is 79.7 Å². The van der Waals surface area contributed by atoms with Crippen LogP contribution in [0.3, 0.4) is 0 Å². The molecule has 5 aromatic carbocycles. The normalized spacial score (nSPS) is 19.7. The van der Waals surface area contributed by atoms with E-state index in [1.807, 2.05) is 91.0 Å². The van der Waals surface area contributed by atoms with Gasteiger partial charge in [0.25, 0.3) is 11.8 Å². The van der Waals surface area contributed by atoms with E-state index < -0.39 is 83.5 Å². The molecule has 1 aliphatic carbocycles. The molecule has 8 N–H and O–H groups in total. The molecule has 2 saturated heterocycles. The lowest BCUT2D eigenvalue weighted by atomic mass is 9.77. The van der Waals surface area contributed by atoms with Gasteiger partial charge in [0.05, 0.1) is 36.0 Å². The second-order valence-corrected chi connectivity index (χ2v) is 22.8. The van der Waals surface area contributed by atoms with E-state index in [9.17, 15) is 43.2 Å². The summed E-state index contributed by atoms with van der Waals surface area (Å²) in [5.74, 6) is -3.57. The number of amides is 7. The van der Waals surface area contributed by atoms with E-state index in [1.165, 1.54) is 31.1 Å². The van der Waals surface area contributed by atoms with Crippen molar-refractivity contribution in [2.45, 2.75) is 100 Å². The SMILES string of the molecule is COc1ccc(C(NCCCC[C@H](NC(=O)[C@H](Cc2ccccc2)NC(=O)CCCCCN2C(=O)C=CC2=O)C(=O)Nc2ccc(COC(=O)N3C4CN5C6=C(C(=O)C(N)=C(C)C6=O)C(COC(N)=O)C5(OC)C43)cc2)(c2ccccc2)c2ccccc2)cc1. The van der Waals surface area contributed by atoms with Crippen molar-refractivity contribution >= 4 is 59.0 Å². The van der Waals surface area contributed by atoms with Crippen LogP contribution in [0.4, 0.5) is 15.3 Å². The molecular formula is C68H73N9O13. The van der Waals surface area contributed by atoms with Crippen molar-refractivity contribution in [3.8, 4) is 5.75 Å². The average Bonchev–Trinajstić information content (AvgIpc) is 1.49.